The Hall–Kier alpha value is -1.96. The number of nitrogens with one attached hydrogen (secondary N) is 2. The molecule has 1 heterocycles. The zero-order valence-corrected chi connectivity index (χ0v) is 11.0. The number of nitrogens with zero attached hydrogens (tertiary/aromatic N) is 4. The molecule has 1 aliphatic carbocycles. The highest BCUT2D eigenvalue weighted by atomic mass is 16.2. The maximum Gasteiger partial charge on any atom is 0.285 e. The summed E-state index contributed by atoms with van der Waals surface area (Å²) in [6.07, 6.45) is 7.40. The van der Waals surface area contributed by atoms with Gasteiger partial charge in [0.2, 0.25) is 5.82 Å². The lowest BCUT2D eigenvalue weighted by Crippen LogP contribution is -2.30. The first-order valence-corrected chi connectivity index (χ1v) is 6.41. The molecule has 0 aromatic carbocycles. The van der Waals surface area contributed by atoms with E-state index in [0.29, 0.717) is 6.04 Å². The molecule has 8 nitrogen and oxygen atoms in total. The predicted octanol–water partition coefficient (Wildman–Crippen LogP) is 1.28. The van der Waals surface area contributed by atoms with Crippen LogP contribution in [0.1, 0.15) is 42.6 Å². The third kappa shape index (κ3) is 3.28. The number of hydrogen-bond donors (Lipinski definition) is 3. The van der Waals surface area contributed by atoms with Crippen molar-refractivity contribution in [2.75, 3.05) is 7.05 Å². The molecule has 104 valence electrons. The minimum Gasteiger partial charge on any atom is -0.339 e. The highest BCUT2D eigenvalue weighted by Gasteiger charge is 2.18. The van der Waals surface area contributed by atoms with E-state index in [9.17, 15) is 4.79 Å². The van der Waals surface area contributed by atoms with E-state index >= 15 is 0 Å². The summed E-state index contributed by atoms with van der Waals surface area (Å²) in [5.74, 6) is 4.85. The van der Waals surface area contributed by atoms with Crippen LogP contribution < -0.4 is 11.3 Å². The van der Waals surface area contributed by atoms with Gasteiger partial charge in [-0.3, -0.25) is 15.2 Å². The minimum atomic E-state index is -0.466. The Labute approximate surface area is 111 Å². The van der Waals surface area contributed by atoms with Gasteiger partial charge in [0.1, 0.15) is 0 Å². The second kappa shape index (κ2) is 6.28. The van der Waals surface area contributed by atoms with Crippen molar-refractivity contribution in [2.45, 2.75) is 38.1 Å². The molecule has 19 heavy (non-hydrogen) atoms. The minimum absolute atomic E-state index is 0.211. The van der Waals surface area contributed by atoms with Crippen molar-refractivity contribution >= 4 is 11.7 Å². The zero-order valence-electron chi connectivity index (χ0n) is 11.0. The lowest BCUT2D eigenvalue weighted by Gasteiger charge is -2.27. The summed E-state index contributed by atoms with van der Waals surface area (Å²) in [4.78, 5) is 18.0. The largest absolute Gasteiger partial charge is 0.339 e. The number of carbonyl (C=O) groups excluding carboxylic acids is 1. The van der Waals surface area contributed by atoms with Crippen LogP contribution in [0.15, 0.2) is 16.7 Å². The predicted molar refractivity (Wildman–Crippen MR) is 69.4 cm³/mol. The zero-order chi connectivity index (χ0) is 13.7. The molecule has 0 saturated heterocycles. The molecule has 0 unspecified atom stereocenters. The number of carbonyl (C=O) groups is 1. The lowest BCUT2D eigenvalue weighted by atomic mass is 9.95. The lowest BCUT2D eigenvalue weighted by molar-refractivity contribution is 0.0949. The number of amides is 1. The van der Waals surface area contributed by atoms with Gasteiger partial charge in [0.25, 0.3) is 5.91 Å². The number of aromatic nitrogens is 2. The Morgan fingerprint density at radius 2 is 2.26 bits per heavy atom. The quantitative estimate of drug-likeness (QED) is 0.329. The molecule has 1 fully saturated rings. The Balaban J connectivity index is 2.01. The summed E-state index contributed by atoms with van der Waals surface area (Å²) in [5, 5.41) is 9.97. The van der Waals surface area contributed by atoms with E-state index in [1.807, 2.05) is 17.5 Å². The van der Waals surface area contributed by atoms with Gasteiger partial charge in [-0.1, -0.05) is 24.5 Å². The Kier molecular flexibility index (Phi) is 4.45. The topological polar surface area (TPSA) is 112 Å². The van der Waals surface area contributed by atoms with Gasteiger partial charge in [-0.25, -0.2) is 10.8 Å². The molecule has 8 heteroatoms. The fourth-order valence-corrected chi connectivity index (χ4v) is 2.24. The van der Waals surface area contributed by atoms with Gasteiger partial charge in [0.05, 0.1) is 6.33 Å². The third-order valence-corrected chi connectivity index (χ3v) is 3.36. The number of hydrazine groups is 1. The van der Waals surface area contributed by atoms with Crippen molar-refractivity contribution < 1.29 is 4.79 Å². The van der Waals surface area contributed by atoms with Crippen LogP contribution in [-0.4, -0.2) is 34.0 Å². The normalized spacial score (nSPS) is 16.7. The van der Waals surface area contributed by atoms with Crippen LogP contribution in [0.25, 0.3) is 0 Å². The van der Waals surface area contributed by atoms with Crippen molar-refractivity contribution in [2.24, 2.45) is 16.2 Å². The van der Waals surface area contributed by atoms with Crippen LogP contribution in [0.5, 0.6) is 0 Å². The molecule has 1 aromatic heterocycles. The summed E-state index contributed by atoms with van der Waals surface area (Å²) >= 11 is 0. The van der Waals surface area contributed by atoms with Gasteiger partial charge in [-0.05, 0) is 12.8 Å². The second-order valence-corrected chi connectivity index (χ2v) is 4.63. The molecule has 0 radical (unpaired) electrons. The SMILES string of the molecule is CN(N=Nc1nc[nH]c1C(=O)NN)C1CCCCC1. The number of nitrogens with two attached hydrogens (primary N) is 1. The highest BCUT2D eigenvalue weighted by molar-refractivity contribution is 5.95. The summed E-state index contributed by atoms with van der Waals surface area (Å²) < 4.78 is 0. The number of rotatable bonds is 4. The Morgan fingerprint density at radius 1 is 1.53 bits per heavy atom. The van der Waals surface area contributed by atoms with Crippen molar-refractivity contribution in [1.82, 2.24) is 20.4 Å². The number of imidazole rings is 1. The molecule has 0 bridgehead atoms. The summed E-state index contributed by atoms with van der Waals surface area (Å²) in [7, 11) is 1.90. The van der Waals surface area contributed by atoms with Crippen molar-refractivity contribution in [3.63, 3.8) is 0 Å². The fourth-order valence-electron chi connectivity index (χ4n) is 2.24. The van der Waals surface area contributed by atoms with Crippen LogP contribution >= 0.6 is 0 Å². The van der Waals surface area contributed by atoms with Gasteiger partial charge >= 0.3 is 0 Å². The third-order valence-electron chi connectivity index (χ3n) is 3.36. The molecule has 1 amide bonds. The van der Waals surface area contributed by atoms with Crippen molar-refractivity contribution in [3.8, 4) is 0 Å². The first-order valence-electron chi connectivity index (χ1n) is 6.41. The number of aromatic amines is 1. The van der Waals surface area contributed by atoms with E-state index in [-0.39, 0.29) is 11.5 Å². The molecule has 0 spiro atoms. The fraction of sp³-hybridized carbons (Fsp3) is 0.636. The molecule has 2 rings (SSSR count). The first-order chi connectivity index (χ1) is 9.22. The monoisotopic (exact) mass is 265 g/mol. The number of nitrogen functional groups attached to an aromatic ring is 1. The van der Waals surface area contributed by atoms with Crippen molar-refractivity contribution in [3.05, 3.63) is 12.0 Å². The molecule has 0 aliphatic heterocycles. The Bertz CT molecular complexity index is 450. The second-order valence-electron chi connectivity index (χ2n) is 4.63. The van der Waals surface area contributed by atoms with Crippen LogP contribution in [0.2, 0.25) is 0 Å². The van der Waals surface area contributed by atoms with Gasteiger partial charge in [-0.2, -0.15) is 0 Å². The van der Waals surface area contributed by atoms with Crippen LogP contribution in [-0.2, 0) is 0 Å². The standard InChI is InChI=1S/C11H19N7O/c1-18(8-5-3-2-4-6-8)17-16-10-9(11(19)15-12)13-7-14-10/h7-8H,2-6,12H2,1H3,(H,13,14)(H,15,19). The van der Waals surface area contributed by atoms with E-state index < -0.39 is 5.91 Å². The average molecular weight is 265 g/mol. The van der Waals surface area contributed by atoms with Gasteiger partial charge in [-0.15, -0.1) is 5.11 Å². The molecular formula is C11H19N7O. The van der Waals surface area contributed by atoms with Crippen LogP contribution in [0, 0.1) is 0 Å². The summed E-state index contributed by atoms with van der Waals surface area (Å²) in [6.45, 7) is 0. The van der Waals surface area contributed by atoms with Gasteiger partial charge < -0.3 is 4.98 Å². The summed E-state index contributed by atoms with van der Waals surface area (Å²) in [6, 6.07) is 0.420. The van der Waals surface area contributed by atoms with Crippen LogP contribution in [0.3, 0.4) is 0 Å². The number of H-pyrrole nitrogens is 1. The van der Waals surface area contributed by atoms with Crippen molar-refractivity contribution in [1.29, 1.82) is 0 Å². The summed E-state index contributed by atoms with van der Waals surface area (Å²) in [5.41, 5.74) is 2.24. The molecule has 0 atom stereocenters. The van der Waals surface area contributed by atoms with Gasteiger partial charge in [0, 0.05) is 13.1 Å². The molecule has 1 aromatic rings. The molecule has 1 aliphatic rings. The van der Waals surface area contributed by atoms with Gasteiger partial charge in [0.15, 0.2) is 5.69 Å². The highest BCUT2D eigenvalue weighted by Crippen LogP contribution is 2.22. The maximum atomic E-state index is 11.4. The molecule has 1 saturated carbocycles. The van der Waals surface area contributed by atoms with E-state index in [1.165, 1.54) is 25.6 Å². The van der Waals surface area contributed by atoms with Crippen LogP contribution in [0.4, 0.5) is 5.82 Å². The molecule has 4 N–H and O–H groups in total. The van der Waals surface area contributed by atoms with E-state index in [1.54, 1.807) is 0 Å². The van der Waals surface area contributed by atoms with E-state index in [4.69, 9.17) is 5.84 Å². The average Bonchev–Trinajstić information content (AvgIpc) is 2.93. The van der Waals surface area contributed by atoms with E-state index in [2.05, 4.69) is 20.3 Å². The number of hydrogen-bond acceptors (Lipinski definition) is 5. The Morgan fingerprint density at radius 3 is 2.95 bits per heavy atom. The maximum absolute atomic E-state index is 11.4. The smallest absolute Gasteiger partial charge is 0.285 e. The first kappa shape index (κ1) is 13.5. The molecular weight excluding hydrogens is 246 g/mol. The van der Waals surface area contributed by atoms with E-state index in [0.717, 1.165) is 12.8 Å².